The number of carbonyl (C=O) groups excluding carboxylic acids is 1. The van der Waals surface area contributed by atoms with Crippen molar-refractivity contribution in [3.05, 3.63) is 0 Å². The Morgan fingerprint density at radius 1 is 1.32 bits per heavy atom. The molecule has 1 aliphatic heterocycles. The summed E-state index contributed by atoms with van der Waals surface area (Å²) in [6.45, 7) is 10.8. The number of carbonyl (C=O) groups is 1. The van der Waals surface area contributed by atoms with Gasteiger partial charge in [-0.3, -0.25) is 0 Å². The van der Waals surface area contributed by atoms with Crippen LogP contribution in [0.25, 0.3) is 0 Å². The Labute approximate surface area is 136 Å². The predicted octanol–water partition coefficient (Wildman–Crippen LogP) is 2.75. The van der Waals surface area contributed by atoms with Gasteiger partial charge in [0, 0.05) is 18.6 Å². The number of ether oxygens (including phenoxy) is 1. The number of alkyl carbamates (subject to hydrolysis) is 1. The Hall–Kier alpha value is -0.810. The van der Waals surface area contributed by atoms with E-state index in [2.05, 4.69) is 29.5 Å². The van der Waals surface area contributed by atoms with Crippen LogP contribution >= 0.6 is 0 Å². The van der Waals surface area contributed by atoms with Gasteiger partial charge in [-0.1, -0.05) is 19.8 Å². The van der Waals surface area contributed by atoms with Gasteiger partial charge in [-0.05, 0) is 60.2 Å². The maximum Gasteiger partial charge on any atom is 0.407 e. The second-order valence-corrected chi connectivity index (χ2v) is 7.47. The SMILES string of the molecule is CCCCC(CNC(=O)OC(C)(C)C)NC1CCN(C)CC1. The predicted molar refractivity (Wildman–Crippen MR) is 91.2 cm³/mol. The van der Waals surface area contributed by atoms with Crippen molar-refractivity contribution in [3.8, 4) is 0 Å². The van der Waals surface area contributed by atoms with E-state index in [1.807, 2.05) is 20.8 Å². The van der Waals surface area contributed by atoms with Crippen molar-refractivity contribution in [1.29, 1.82) is 0 Å². The molecule has 1 atom stereocenters. The largest absolute Gasteiger partial charge is 0.444 e. The minimum absolute atomic E-state index is 0.320. The summed E-state index contributed by atoms with van der Waals surface area (Å²) < 4.78 is 5.31. The first-order valence-electron chi connectivity index (χ1n) is 8.71. The van der Waals surface area contributed by atoms with Crippen molar-refractivity contribution in [2.24, 2.45) is 0 Å². The summed E-state index contributed by atoms with van der Waals surface area (Å²) >= 11 is 0. The Morgan fingerprint density at radius 3 is 2.50 bits per heavy atom. The number of nitrogens with one attached hydrogen (secondary N) is 2. The first-order valence-corrected chi connectivity index (χ1v) is 8.71. The molecule has 1 saturated heterocycles. The van der Waals surface area contributed by atoms with E-state index in [4.69, 9.17) is 4.74 Å². The lowest BCUT2D eigenvalue weighted by Crippen LogP contribution is -2.49. The van der Waals surface area contributed by atoms with Crippen molar-refractivity contribution < 1.29 is 9.53 Å². The highest BCUT2D eigenvalue weighted by atomic mass is 16.6. The van der Waals surface area contributed by atoms with Crippen molar-refractivity contribution in [2.45, 2.75) is 77.5 Å². The number of hydrogen-bond acceptors (Lipinski definition) is 4. The zero-order chi connectivity index (χ0) is 16.6. The molecule has 130 valence electrons. The summed E-state index contributed by atoms with van der Waals surface area (Å²) in [5.74, 6) is 0. The smallest absolute Gasteiger partial charge is 0.407 e. The van der Waals surface area contributed by atoms with Crippen LogP contribution in [0.15, 0.2) is 0 Å². The van der Waals surface area contributed by atoms with Crippen LogP contribution in [0.3, 0.4) is 0 Å². The van der Waals surface area contributed by atoms with Gasteiger partial charge in [0.2, 0.25) is 0 Å². The van der Waals surface area contributed by atoms with Crippen LogP contribution in [0.5, 0.6) is 0 Å². The van der Waals surface area contributed by atoms with Crippen molar-refractivity contribution in [3.63, 3.8) is 0 Å². The van der Waals surface area contributed by atoms with Gasteiger partial charge in [0.15, 0.2) is 0 Å². The molecule has 0 aliphatic carbocycles. The summed E-state index contributed by atoms with van der Waals surface area (Å²) in [7, 11) is 2.18. The standard InChI is InChI=1S/C17H35N3O2/c1-6-7-8-15(13-18-16(21)22-17(2,3)4)19-14-9-11-20(5)12-10-14/h14-15,19H,6-13H2,1-5H3,(H,18,21). The lowest BCUT2D eigenvalue weighted by atomic mass is 10.0. The Morgan fingerprint density at radius 2 is 1.95 bits per heavy atom. The van der Waals surface area contributed by atoms with Crippen LogP contribution in [-0.2, 0) is 4.74 Å². The van der Waals surface area contributed by atoms with Crippen molar-refractivity contribution >= 4 is 6.09 Å². The molecule has 0 saturated carbocycles. The molecule has 1 aliphatic rings. The third-order valence-electron chi connectivity index (χ3n) is 3.99. The molecular weight excluding hydrogens is 278 g/mol. The normalized spacial score (nSPS) is 19.0. The zero-order valence-corrected chi connectivity index (χ0v) is 15.1. The molecule has 5 nitrogen and oxygen atoms in total. The van der Waals surface area contributed by atoms with Gasteiger partial charge < -0.3 is 20.3 Å². The molecule has 0 aromatic rings. The van der Waals surface area contributed by atoms with Crippen LogP contribution in [0.1, 0.15) is 59.8 Å². The molecule has 0 bridgehead atoms. The number of nitrogens with zero attached hydrogens (tertiary/aromatic N) is 1. The number of piperidine rings is 1. The average Bonchev–Trinajstić information content (AvgIpc) is 2.42. The second-order valence-electron chi connectivity index (χ2n) is 7.47. The van der Waals surface area contributed by atoms with Gasteiger partial charge in [0.05, 0.1) is 0 Å². The van der Waals surface area contributed by atoms with Crippen LogP contribution in [0.2, 0.25) is 0 Å². The lowest BCUT2D eigenvalue weighted by Gasteiger charge is -2.33. The fourth-order valence-electron chi connectivity index (χ4n) is 2.72. The first-order chi connectivity index (χ1) is 10.3. The van der Waals surface area contributed by atoms with Gasteiger partial charge in [0.25, 0.3) is 0 Å². The molecule has 1 amide bonds. The summed E-state index contributed by atoms with van der Waals surface area (Å²) in [6.07, 6.45) is 5.51. The molecule has 0 radical (unpaired) electrons. The van der Waals surface area contributed by atoms with Crippen molar-refractivity contribution in [2.75, 3.05) is 26.7 Å². The number of rotatable bonds is 7. The molecule has 2 N–H and O–H groups in total. The molecule has 0 aromatic carbocycles. The molecule has 0 aromatic heterocycles. The highest BCUT2D eigenvalue weighted by molar-refractivity contribution is 5.67. The average molecular weight is 313 g/mol. The van der Waals surface area contributed by atoms with E-state index in [1.165, 1.54) is 25.7 Å². The topological polar surface area (TPSA) is 53.6 Å². The van der Waals surface area contributed by atoms with E-state index in [9.17, 15) is 4.79 Å². The maximum absolute atomic E-state index is 11.8. The summed E-state index contributed by atoms with van der Waals surface area (Å²) in [5, 5.41) is 6.65. The highest BCUT2D eigenvalue weighted by Crippen LogP contribution is 2.11. The van der Waals surface area contributed by atoms with E-state index in [0.29, 0.717) is 18.6 Å². The number of likely N-dealkylation sites (tertiary alicyclic amines) is 1. The van der Waals surface area contributed by atoms with Gasteiger partial charge in [-0.2, -0.15) is 0 Å². The van der Waals surface area contributed by atoms with Crippen LogP contribution in [0, 0.1) is 0 Å². The van der Waals surface area contributed by atoms with Gasteiger partial charge in [0.1, 0.15) is 5.60 Å². The van der Waals surface area contributed by atoms with Gasteiger partial charge in [-0.15, -0.1) is 0 Å². The van der Waals surface area contributed by atoms with E-state index >= 15 is 0 Å². The maximum atomic E-state index is 11.8. The zero-order valence-electron chi connectivity index (χ0n) is 15.1. The van der Waals surface area contributed by atoms with Gasteiger partial charge in [-0.25, -0.2) is 4.79 Å². The second kappa shape index (κ2) is 9.36. The molecule has 1 fully saturated rings. The molecule has 1 rings (SSSR count). The fourth-order valence-corrected chi connectivity index (χ4v) is 2.72. The van der Waals surface area contributed by atoms with E-state index in [-0.39, 0.29) is 6.09 Å². The molecular formula is C17H35N3O2. The fraction of sp³-hybridized carbons (Fsp3) is 0.941. The molecule has 0 spiro atoms. The lowest BCUT2D eigenvalue weighted by molar-refractivity contribution is 0.0520. The van der Waals surface area contributed by atoms with Crippen LogP contribution in [-0.4, -0.2) is 55.4 Å². The number of hydrogen-bond donors (Lipinski definition) is 2. The minimum Gasteiger partial charge on any atom is -0.444 e. The van der Waals surface area contributed by atoms with E-state index in [0.717, 1.165) is 19.5 Å². The monoisotopic (exact) mass is 313 g/mol. The highest BCUT2D eigenvalue weighted by Gasteiger charge is 2.21. The summed E-state index contributed by atoms with van der Waals surface area (Å²) in [5.41, 5.74) is -0.440. The Kier molecular flexibility index (Phi) is 8.18. The molecule has 22 heavy (non-hydrogen) atoms. The van der Waals surface area contributed by atoms with E-state index < -0.39 is 5.60 Å². The number of unbranched alkanes of at least 4 members (excludes halogenated alkanes) is 1. The molecule has 5 heteroatoms. The summed E-state index contributed by atoms with van der Waals surface area (Å²) in [4.78, 5) is 14.2. The first kappa shape index (κ1) is 19.2. The third-order valence-corrected chi connectivity index (χ3v) is 3.99. The molecule has 1 unspecified atom stereocenters. The van der Waals surface area contributed by atoms with Crippen LogP contribution in [0.4, 0.5) is 4.79 Å². The number of amides is 1. The van der Waals surface area contributed by atoms with E-state index in [1.54, 1.807) is 0 Å². The van der Waals surface area contributed by atoms with Crippen LogP contribution < -0.4 is 10.6 Å². The quantitative estimate of drug-likeness (QED) is 0.759. The third kappa shape index (κ3) is 8.59. The Bertz CT molecular complexity index is 320. The minimum atomic E-state index is -0.440. The Balaban J connectivity index is 2.38. The summed E-state index contributed by atoms with van der Waals surface area (Å²) in [6, 6.07) is 0.902. The van der Waals surface area contributed by atoms with Crippen molar-refractivity contribution in [1.82, 2.24) is 15.5 Å². The molecule has 1 heterocycles. The van der Waals surface area contributed by atoms with Gasteiger partial charge >= 0.3 is 6.09 Å².